The van der Waals surface area contributed by atoms with Crippen molar-refractivity contribution in [3.63, 3.8) is 0 Å². The van der Waals surface area contributed by atoms with Gasteiger partial charge in [0.05, 0.1) is 17.0 Å². The van der Waals surface area contributed by atoms with Crippen molar-refractivity contribution in [1.29, 1.82) is 5.26 Å². The summed E-state index contributed by atoms with van der Waals surface area (Å²) < 4.78 is 1.19. The average molecular weight is 361 g/mol. The Morgan fingerprint density at radius 3 is 2.30 bits per heavy atom. The third-order valence-corrected chi connectivity index (χ3v) is 3.95. The lowest BCUT2D eigenvalue weighted by atomic mass is 10.1. The summed E-state index contributed by atoms with van der Waals surface area (Å²) in [4.78, 5) is 37.0. The highest BCUT2D eigenvalue weighted by atomic mass is 16.2. The van der Waals surface area contributed by atoms with Crippen molar-refractivity contribution in [2.75, 3.05) is 0 Å². The summed E-state index contributed by atoms with van der Waals surface area (Å²) in [5.74, 6) is -1.18. The molecule has 0 aliphatic carbocycles. The van der Waals surface area contributed by atoms with Gasteiger partial charge >= 0.3 is 0 Å². The number of nitriles is 1. The first-order chi connectivity index (χ1) is 13.0. The van der Waals surface area contributed by atoms with Crippen molar-refractivity contribution in [1.82, 2.24) is 20.6 Å². The number of aromatic nitrogens is 2. The van der Waals surface area contributed by atoms with Gasteiger partial charge in [-0.15, -0.1) is 0 Å². The zero-order valence-electron chi connectivity index (χ0n) is 14.4. The fourth-order valence-corrected chi connectivity index (χ4v) is 2.56. The molecule has 1 aromatic heterocycles. The van der Waals surface area contributed by atoms with Crippen LogP contribution in [-0.2, 0) is 6.54 Å². The van der Waals surface area contributed by atoms with Crippen LogP contribution in [0.1, 0.15) is 33.3 Å². The number of benzene rings is 2. The number of carbonyl (C=O) groups is 2. The number of rotatable bonds is 3. The Bertz CT molecular complexity index is 1130. The largest absolute Gasteiger partial charge is 0.290 e. The highest BCUT2D eigenvalue weighted by molar-refractivity contribution is 6.06. The summed E-state index contributed by atoms with van der Waals surface area (Å²) >= 11 is 0. The number of hydrogen-bond donors (Lipinski definition) is 2. The van der Waals surface area contributed by atoms with Crippen molar-refractivity contribution in [2.24, 2.45) is 0 Å². The summed E-state index contributed by atoms with van der Waals surface area (Å²) in [7, 11) is 0. The SMILES string of the molecule is CCn1nc(C(=O)NNC(=O)c2ccc(C#N)cc2)c2ccccc2c1=O. The molecular formula is C19H15N5O3. The van der Waals surface area contributed by atoms with E-state index in [0.29, 0.717) is 22.9 Å². The third-order valence-electron chi connectivity index (χ3n) is 3.95. The van der Waals surface area contributed by atoms with E-state index < -0.39 is 11.8 Å². The first-order valence-electron chi connectivity index (χ1n) is 8.16. The number of fused-ring (bicyclic) bond motifs is 1. The molecule has 2 N–H and O–H groups in total. The van der Waals surface area contributed by atoms with Crippen LogP contribution >= 0.6 is 0 Å². The molecule has 0 saturated carbocycles. The van der Waals surface area contributed by atoms with Gasteiger partial charge < -0.3 is 0 Å². The number of nitrogens with zero attached hydrogens (tertiary/aromatic N) is 3. The van der Waals surface area contributed by atoms with Crippen LogP contribution in [-0.4, -0.2) is 21.6 Å². The maximum absolute atomic E-state index is 12.5. The molecule has 0 atom stereocenters. The lowest BCUT2D eigenvalue weighted by Crippen LogP contribution is -2.42. The lowest BCUT2D eigenvalue weighted by molar-refractivity contribution is 0.0843. The van der Waals surface area contributed by atoms with E-state index in [9.17, 15) is 14.4 Å². The van der Waals surface area contributed by atoms with Crippen LogP contribution in [0.4, 0.5) is 0 Å². The van der Waals surface area contributed by atoms with Crippen molar-refractivity contribution >= 4 is 22.6 Å². The molecule has 0 saturated heterocycles. The molecule has 3 aromatic rings. The van der Waals surface area contributed by atoms with E-state index >= 15 is 0 Å². The zero-order chi connectivity index (χ0) is 19.4. The number of carbonyl (C=O) groups excluding carboxylic acids is 2. The van der Waals surface area contributed by atoms with Crippen molar-refractivity contribution in [3.8, 4) is 6.07 Å². The highest BCUT2D eigenvalue weighted by Crippen LogP contribution is 2.13. The molecule has 0 unspecified atom stereocenters. The minimum Gasteiger partial charge on any atom is -0.267 e. The van der Waals surface area contributed by atoms with Gasteiger partial charge in [-0.2, -0.15) is 10.4 Å². The molecule has 3 rings (SSSR count). The van der Waals surface area contributed by atoms with Gasteiger partial charge in [0.25, 0.3) is 17.4 Å². The molecular weight excluding hydrogens is 346 g/mol. The second-order valence-electron chi connectivity index (χ2n) is 5.61. The van der Waals surface area contributed by atoms with Gasteiger partial charge in [-0.3, -0.25) is 25.2 Å². The number of nitrogens with one attached hydrogen (secondary N) is 2. The molecule has 134 valence electrons. The molecule has 8 nitrogen and oxygen atoms in total. The normalized spacial score (nSPS) is 10.2. The molecule has 0 spiro atoms. The first-order valence-corrected chi connectivity index (χ1v) is 8.16. The Kier molecular flexibility index (Phi) is 4.95. The number of amides is 2. The maximum atomic E-state index is 12.5. The second-order valence-corrected chi connectivity index (χ2v) is 5.61. The van der Waals surface area contributed by atoms with Gasteiger partial charge in [-0.1, -0.05) is 18.2 Å². The van der Waals surface area contributed by atoms with Gasteiger partial charge in [-0.25, -0.2) is 4.68 Å². The van der Waals surface area contributed by atoms with Crippen LogP contribution in [0.2, 0.25) is 0 Å². The molecule has 0 aliphatic heterocycles. The van der Waals surface area contributed by atoms with E-state index in [2.05, 4.69) is 16.0 Å². The van der Waals surface area contributed by atoms with Crippen LogP contribution in [0.3, 0.4) is 0 Å². The van der Waals surface area contributed by atoms with Crippen LogP contribution < -0.4 is 16.4 Å². The number of hydrogen-bond acceptors (Lipinski definition) is 5. The first kappa shape index (κ1) is 17.8. The van der Waals surface area contributed by atoms with E-state index in [1.54, 1.807) is 31.2 Å². The van der Waals surface area contributed by atoms with Crippen LogP contribution in [0.5, 0.6) is 0 Å². The van der Waals surface area contributed by atoms with E-state index in [0.717, 1.165) is 0 Å². The van der Waals surface area contributed by atoms with E-state index in [-0.39, 0.29) is 16.8 Å². The van der Waals surface area contributed by atoms with E-state index in [1.807, 2.05) is 6.07 Å². The summed E-state index contributed by atoms with van der Waals surface area (Å²) in [5.41, 5.74) is 5.07. The molecule has 0 radical (unpaired) electrons. The van der Waals surface area contributed by atoms with Crippen LogP contribution in [0.15, 0.2) is 53.3 Å². The van der Waals surface area contributed by atoms with Crippen molar-refractivity contribution in [2.45, 2.75) is 13.5 Å². The van der Waals surface area contributed by atoms with Crippen LogP contribution in [0, 0.1) is 11.3 Å². The predicted octanol–water partition coefficient (Wildman–Crippen LogP) is 1.36. The Balaban J connectivity index is 1.84. The van der Waals surface area contributed by atoms with Crippen LogP contribution in [0.25, 0.3) is 10.8 Å². The quantitative estimate of drug-likeness (QED) is 0.683. The molecule has 0 bridgehead atoms. The predicted molar refractivity (Wildman–Crippen MR) is 97.8 cm³/mol. The van der Waals surface area contributed by atoms with Gasteiger partial charge in [0.15, 0.2) is 5.69 Å². The third kappa shape index (κ3) is 3.52. The maximum Gasteiger partial charge on any atom is 0.290 e. The topological polar surface area (TPSA) is 117 Å². The monoisotopic (exact) mass is 361 g/mol. The summed E-state index contributed by atoms with van der Waals surface area (Å²) in [6.45, 7) is 2.05. The van der Waals surface area contributed by atoms with Crippen molar-refractivity contribution < 1.29 is 9.59 Å². The smallest absolute Gasteiger partial charge is 0.267 e. The van der Waals surface area contributed by atoms with Gasteiger partial charge in [0.1, 0.15) is 0 Å². The summed E-state index contributed by atoms with van der Waals surface area (Å²) in [5, 5.41) is 13.6. The fraction of sp³-hybridized carbons (Fsp3) is 0.105. The van der Waals surface area contributed by atoms with Gasteiger partial charge in [-0.05, 0) is 37.3 Å². The minimum atomic E-state index is -0.643. The standard InChI is InChI=1S/C19H15N5O3/c1-2-24-19(27)15-6-4-3-5-14(15)16(23-24)18(26)22-21-17(25)13-9-7-12(11-20)8-10-13/h3-10H,2H2,1H3,(H,21,25)(H,22,26). The zero-order valence-corrected chi connectivity index (χ0v) is 14.4. The molecule has 2 amide bonds. The Labute approximate surface area is 154 Å². The Morgan fingerprint density at radius 2 is 1.67 bits per heavy atom. The highest BCUT2D eigenvalue weighted by Gasteiger charge is 2.17. The summed E-state index contributed by atoms with van der Waals surface area (Å²) in [6, 6.07) is 14.6. The number of hydrazine groups is 1. The fourth-order valence-electron chi connectivity index (χ4n) is 2.56. The molecule has 2 aromatic carbocycles. The molecule has 0 fully saturated rings. The number of aryl methyl sites for hydroxylation is 1. The average Bonchev–Trinajstić information content (AvgIpc) is 2.72. The molecule has 1 heterocycles. The van der Waals surface area contributed by atoms with Gasteiger partial charge in [0.2, 0.25) is 0 Å². The Morgan fingerprint density at radius 1 is 1.04 bits per heavy atom. The minimum absolute atomic E-state index is 0.0344. The Hall–Kier alpha value is -3.99. The molecule has 8 heteroatoms. The van der Waals surface area contributed by atoms with Gasteiger partial charge in [0, 0.05) is 17.5 Å². The summed E-state index contributed by atoms with van der Waals surface area (Å²) in [6.07, 6.45) is 0. The van der Waals surface area contributed by atoms with Crippen molar-refractivity contribution in [3.05, 3.63) is 75.7 Å². The molecule has 0 aliphatic rings. The second kappa shape index (κ2) is 7.49. The lowest BCUT2D eigenvalue weighted by Gasteiger charge is -2.11. The van der Waals surface area contributed by atoms with E-state index in [1.165, 1.54) is 28.9 Å². The molecule has 27 heavy (non-hydrogen) atoms. The van der Waals surface area contributed by atoms with E-state index in [4.69, 9.17) is 5.26 Å².